The van der Waals surface area contributed by atoms with Crippen LogP contribution in [0.25, 0.3) is 0 Å². The number of nitrogen functional groups attached to an aromatic ring is 1. The predicted molar refractivity (Wildman–Crippen MR) is 96.5 cm³/mol. The third-order valence-electron chi connectivity index (χ3n) is 1.88. The van der Waals surface area contributed by atoms with Crippen LogP contribution in [0, 0.1) is 0 Å². The highest BCUT2D eigenvalue weighted by Gasteiger charge is 1.98. The summed E-state index contributed by atoms with van der Waals surface area (Å²) in [4.78, 5) is 0. The number of nitrogens with two attached hydrogens (primary N) is 1. The van der Waals surface area contributed by atoms with Gasteiger partial charge < -0.3 is 5.73 Å². The predicted octanol–water partition coefficient (Wildman–Crippen LogP) is 2.51. The molecule has 0 spiro atoms. The highest BCUT2D eigenvalue weighted by atomic mass is 35.7. The third kappa shape index (κ3) is 18.2. The third-order valence-corrected chi connectivity index (χ3v) is 2.48. The van der Waals surface area contributed by atoms with Crippen LogP contribution in [0.3, 0.4) is 0 Å². The Hall–Kier alpha value is -1.77. The van der Waals surface area contributed by atoms with Gasteiger partial charge in [-0.1, -0.05) is 36.4 Å². The van der Waals surface area contributed by atoms with Crippen molar-refractivity contribution in [3.8, 4) is 0 Å². The summed E-state index contributed by atoms with van der Waals surface area (Å²) in [6, 6.07) is 18.2. The number of hydrogen-bond donors (Lipinski definition) is 2. The molecule has 6 nitrogen and oxygen atoms in total. The zero-order valence-electron chi connectivity index (χ0n) is 12.7. The molecule has 128 valence electrons. The summed E-state index contributed by atoms with van der Waals surface area (Å²) in [5.74, 6) is 0. The van der Waals surface area contributed by atoms with E-state index in [4.69, 9.17) is 5.73 Å². The molecule has 0 aliphatic rings. The number of nitrogens with one attached hydrogen (secondary N) is 1. The maximum atomic E-state index is 10.7. The Morgan fingerprint density at radius 3 is 1.43 bits per heavy atom. The summed E-state index contributed by atoms with van der Waals surface area (Å²) < 4.78 is 42.5. The maximum absolute atomic E-state index is 10.7. The summed E-state index contributed by atoms with van der Waals surface area (Å²) in [5, 5.41) is 0. The summed E-state index contributed by atoms with van der Waals surface area (Å²) in [5.41, 5.74) is 6.77. The molecule has 0 heterocycles. The zero-order valence-corrected chi connectivity index (χ0v) is 15.1. The molecule has 0 fully saturated rings. The zero-order chi connectivity index (χ0) is 17.9. The normalized spacial score (nSPS) is 10.4. The lowest BCUT2D eigenvalue weighted by Gasteiger charge is -2.00. The van der Waals surface area contributed by atoms with Gasteiger partial charge in [-0.25, -0.2) is 16.8 Å². The first-order valence-electron chi connectivity index (χ1n) is 6.20. The number of hydrogen-bond acceptors (Lipinski definition) is 5. The molecule has 0 amide bonds. The largest absolute Gasteiger partial charge is 0.399 e. The van der Waals surface area contributed by atoms with Gasteiger partial charge in [-0.2, -0.15) is 0 Å². The summed E-state index contributed by atoms with van der Waals surface area (Å²) in [7, 11) is -1.82. The lowest BCUT2D eigenvalue weighted by molar-refractivity contribution is 0.606. The van der Waals surface area contributed by atoms with Crippen LogP contribution in [0.4, 0.5) is 11.4 Å². The molecule has 2 rings (SSSR count). The van der Waals surface area contributed by atoms with Crippen LogP contribution in [0.5, 0.6) is 0 Å². The Morgan fingerprint density at radius 2 is 1.17 bits per heavy atom. The van der Waals surface area contributed by atoms with Gasteiger partial charge in [0.15, 0.2) is 0 Å². The van der Waals surface area contributed by atoms with Crippen LogP contribution in [-0.4, -0.2) is 29.3 Å². The second-order valence-electron chi connectivity index (χ2n) is 4.33. The van der Waals surface area contributed by atoms with Crippen LogP contribution in [0.15, 0.2) is 60.7 Å². The fourth-order valence-corrected chi connectivity index (χ4v) is 1.74. The molecule has 0 unspecified atom stereocenters. The second-order valence-corrected chi connectivity index (χ2v) is 9.13. The first-order chi connectivity index (χ1) is 10.5. The van der Waals surface area contributed by atoms with Gasteiger partial charge in [-0.3, -0.25) is 4.72 Å². The molecule has 0 radical (unpaired) electrons. The second kappa shape index (κ2) is 10.1. The van der Waals surface area contributed by atoms with E-state index in [9.17, 15) is 16.8 Å². The quantitative estimate of drug-likeness (QED) is 0.616. The molecule has 2 aromatic rings. The molecular weight excluding hydrogens is 360 g/mol. The van der Waals surface area contributed by atoms with E-state index in [1.54, 1.807) is 24.3 Å². The van der Waals surface area contributed by atoms with Crippen molar-refractivity contribution >= 4 is 41.1 Å². The molecule has 0 saturated heterocycles. The Kier molecular flexibility index (Phi) is 9.31. The summed E-state index contributed by atoms with van der Waals surface area (Å²) in [6.07, 6.45) is 2.05. The van der Waals surface area contributed by atoms with Crippen LogP contribution >= 0.6 is 10.7 Å². The molecule has 0 aliphatic carbocycles. The van der Waals surface area contributed by atoms with Gasteiger partial charge in [-0.05, 0) is 24.3 Å². The Balaban J connectivity index is 0.000000347. The van der Waals surface area contributed by atoms with Crippen molar-refractivity contribution in [1.82, 2.24) is 0 Å². The van der Waals surface area contributed by atoms with Gasteiger partial charge in [-0.15, -0.1) is 0 Å². The average Bonchev–Trinajstić information content (AvgIpc) is 2.37. The van der Waals surface area contributed by atoms with Crippen molar-refractivity contribution in [3.63, 3.8) is 0 Å². The van der Waals surface area contributed by atoms with Crippen molar-refractivity contribution in [2.75, 3.05) is 23.0 Å². The number of anilines is 2. The van der Waals surface area contributed by atoms with Gasteiger partial charge in [0.2, 0.25) is 19.1 Å². The minimum absolute atomic E-state index is 0.593. The molecule has 0 aromatic heterocycles. The molecule has 23 heavy (non-hydrogen) atoms. The highest BCUT2D eigenvalue weighted by molar-refractivity contribution is 8.13. The summed E-state index contributed by atoms with van der Waals surface area (Å²) in [6.45, 7) is 0. The smallest absolute Gasteiger partial charge is 0.229 e. The number of para-hydroxylation sites is 2. The van der Waals surface area contributed by atoms with Gasteiger partial charge in [0.05, 0.1) is 12.5 Å². The topological polar surface area (TPSA) is 106 Å². The number of halogens is 1. The van der Waals surface area contributed by atoms with E-state index in [1.807, 2.05) is 36.4 Å². The van der Waals surface area contributed by atoms with Crippen LogP contribution in [0.2, 0.25) is 0 Å². The minimum Gasteiger partial charge on any atom is -0.399 e. The van der Waals surface area contributed by atoms with E-state index in [0.717, 1.165) is 18.2 Å². The monoisotopic (exact) mass is 378 g/mol. The van der Waals surface area contributed by atoms with Crippen molar-refractivity contribution in [3.05, 3.63) is 60.7 Å². The van der Waals surface area contributed by atoms with Gasteiger partial charge in [0.1, 0.15) is 0 Å². The van der Waals surface area contributed by atoms with E-state index >= 15 is 0 Å². The van der Waals surface area contributed by atoms with E-state index in [2.05, 4.69) is 15.4 Å². The molecule has 3 N–H and O–H groups in total. The molecular formula is C14H19ClN2O4S2. The number of sulfonamides is 1. The first-order valence-corrected chi connectivity index (χ1v) is 10.8. The summed E-state index contributed by atoms with van der Waals surface area (Å²) >= 11 is 0. The maximum Gasteiger partial charge on any atom is 0.229 e. The van der Waals surface area contributed by atoms with E-state index in [-0.39, 0.29) is 0 Å². The van der Waals surface area contributed by atoms with Crippen molar-refractivity contribution in [2.45, 2.75) is 0 Å². The Labute approximate surface area is 141 Å². The molecule has 0 bridgehead atoms. The molecule has 0 atom stereocenters. The van der Waals surface area contributed by atoms with Gasteiger partial charge in [0, 0.05) is 22.1 Å². The standard InChI is InChI=1S/C7H9NO2S.C6H7N.CH3ClO2S/c1-11(9,10)8-7-5-3-2-4-6-7;7-6-4-2-1-3-5-6;1-5(2,3)4/h2-6,8H,1H3;1-5H,7H2;1H3. The van der Waals surface area contributed by atoms with E-state index in [1.165, 1.54) is 0 Å². The van der Waals surface area contributed by atoms with E-state index < -0.39 is 19.1 Å². The average molecular weight is 379 g/mol. The molecule has 0 aliphatic heterocycles. The number of benzene rings is 2. The van der Waals surface area contributed by atoms with Crippen molar-refractivity contribution in [2.24, 2.45) is 0 Å². The molecule has 9 heteroatoms. The lowest BCUT2D eigenvalue weighted by Crippen LogP contribution is -2.08. The highest BCUT2D eigenvalue weighted by Crippen LogP contribution is 2.05. The fourth-order valence-electron chi connectivity index (χ4n) is 1.17. The van der Waals surface area contributed by atoms with Crippen LogP contribution in [-0.2, 0) is 19.1 Å². The Bertz CT molecular complexity index is 757. The minimum atomic E-state index is -3.19. The molecule has 0 saturated carbocycles. The van der Waals surface area contributed by atoms with Gasteiger partial charge >= 0.3 is 0 Å². The number of rotatable bonds is 2. The lowest BCUT2D eigenvalue weighted by atomic mass is 10.3. The fraction of sp³-hybridized carbons (Fsp3) is 0.143. The van der Waals surface area contributed by atoms with Crippen molar-refractivity contribution in [1.29, 1.82) is 0 Å². The van der Waals surface area contributed by atoms with Crippen LogP contribution in [0.1, 0.15) is 0 Å². The van der Waals surface area contributed by atoms with Crippen molar-refractivity contribution < 1.29 is 16.8 Å². The molecule has 2 aromatic carbocycles. The van der Waals surface area contributed by atoms with E-state index in [0.29, 0.717) is 5.69 Å². The van der Waals surface area contributed by atoms with Gasteiger partial charge in [0.25, 0.3) is 0 Å². The van der Waals surface area contributed by atoms with Crippen LogP contribution < -0.4 is 10.5 Å². The first kappa shape index (κ1) is 21.2. The SMILES string of the molecule is CS(=O)(=O)Cl.CS(=O)(=O)Nc1ccccc1.Nc1ccccc1. The Morgan fingerprint density at radius 1 is 0.826 bits per heavy atom.